The predicted octanol–water partition coefficient (Wildman–Crippen LogP) is 1.11. The lowest BCUT2D eigenvalue weighted by Crippen LogP contribution is -2.53. The van der Waals surface area contributed by atoms with E-state index in [-0.39, 0.29) is 11.0 Å². The molecule has 1 aliphatic rings. The van der Waals surface area contributed by atoms with Crippen molar-refractivity contribution in [3.63, 3.8) is 0 Å². The van der Waals surface area contributed by atoms with Crippen LogP contribution in [0.4, 0.5) is 0 Å². The van der Waals surface area contributed by atoms with Gasteiger partial charge in [0.2, 0.25) is 0 Å². The molecule has 66 valence electrons. The Labute approximate surface area is 69.5 Å². The lowest BCUT2D eigenvalue weighted by Gasteiger charge is -2.35. The van der Waals surface area contributed by atoms with E-state index in [1.54, 1.807) is 0 Å². The molecule has 2 nitrogen and oxygen atoms in total. The van der Waals surface area contributed by atoms with E-state index >= 15 is 0 Å². The number of nitrogens with one attached hydrogen (secondary N) is 1. The first-order valence-electron chi connectivity index (χ1n) is 4.36. The maximum absolute atomic E-state index is 6.12. The molecule has 0 aromatic rings. The summed E-state index contributed by atoms with van der Waals surface area (Å²) in [7, 11) is 2.00. The maximum atomic E-state index is 6.12. The zero-order chi connectivity index (χ0) is 8.70. The summed E-state index contributed by atoms with van der Waals surface area (Å²) in [6.45, 7) is 6.71. The van der Waals surface area contributed by atoms with E-state index in [1.165, 1.54) is 12.8 Å². The summed E-state index contributed by atoms with van der Waals surface area (Å²) >= 11 is 0. The molecule has 1 atom stereocenters. The lowest BCUT2D eigenvalue weighted by molar-refractivity contribution is 0.233. The van der Waals surface area contributed by atoms with Crippen molar-refractivity contribution < 1.29 is 0 Å². The van der Waals surface area contributed by atoms with Gasteiger partial charge in [0.05, 0.1) is 0 Å². The minimum absolute atomic E-state index is 0.0903. The molecule has 0 spiro atoms. The first kappa shape index (κ1) is 9.01. The van der Waals surface area contributed by atoms with Crippen LogP contribution in [0.5, 0.6) is 0 Å². The zero-order valence-electron chi connectivity index (χ0n) is 8.07. The highest BCUT2D eigenvalue weighted by molar-refractivity contribution is 5.10. The van der Waals surface area contributed by atoms with Crippen LogP contribution in [-0.4, -0.2) is 18.6 Å². The Morgan fingerprint density at radius 3 is 1.91 bits per heavy atom. The van der Waals surface area contributed by atoms with Crippen molar-refractivity contribution in [2.24, 2.45) is 11.1 Å². The van der Waals surface area contributed by atoms with Crippen LogP contribution in [0.25, 0.3) is 0 Å². The fourth-order valence-corrected chi connectivity index (χ4v) is 2.02. The van der Waals surface area contributed by atoms with Gasteiger partial charge in [0, 0.05) is 11.6 Å². The van der Waals surface area contributed by atoms with Crippen molar-refractivity contribution in [2.45, 2.75) is 45.2 Å². The van der Waals surface area contributed by atoms with Crippen molar-refractivity contribution in [2.75, 3.05) is 7.05 Å². The van der Waals surface area contributed by atoms with Crippen LogP contribution in [0.1, 0.15) is 33.6 Å². The van der Waals surface area contributed by atoms with E-state index in [2.05, 4.69) is 26.1 Å². The average molecular weight is 156 g/mol. The molecule has 0 radical (unpaired) electrons. The van der Waals surface area contributed by atoms with E-state index in [9.17, 15) is 0 Å². The summed E-state index contributed by atoms with van der Waals surface area (Å²) in [4.78, 5) is 0. The molecule has 0 amide bonds. The number of rotatable bonds is 2. The van der Waals surface area contributed by atoms with Crippen molar-refractivity contribution in [3.8, 4) is 0 Å². The van der Waals surface area contributed by atoms with Crippen LogP contribution in [0.2, 0.25) is 0 Å². The summed E-state index contributed by atoms with van der Waals surface area (Å²) in [5.74, 6) is 0. The minimum atomic E-state index is 0.0903. The highest BCUT2D eigenvalue weighted by Crippen LogP contribution is 2.42. The van der Waals surface area contributed by atoms with Gasteiger partial charge in [-0.1, -0.05) is 20.8 Å². The Morgan fingerprint density at radius 2 is 1.82 bits per heavy atom. The van der Waals surface area contributed by atoms with Gasteiger partial charge in [-0.15, -0.1) is 0 Å². The number of hydrogen-bond donors (Lipinski definition) is 2. The standard InChI is InChI=1S/C9H20N2/c1-8(2,3)7(11-4)9(10)5-6-9/h7,11H,5-6,10H2,1-4H3. The van der Waals surface area contributed by atoms with E-state index in [0.717, 1.165) is 0 Å². The number of likely N-dealkylation sites (N-methyl/N-ethyl adjacent to an activating group) is 1. The third-order valence-corrected chi connectivity index (χ3v) is 2.56. The van der Waals surface area contributed by atoms with Crippen LogP contribution in [0.3, 0.4) is 0 Å². The van der Waals surface area contributed by atoms with Crippen molar-refractivity contribution in [1.82, 2.24) is 5.32 Å². The van der Waals surface area contributed by atoms with Crippen LogP contribution in [0.15, 0.2) is 0 Å². The maximum Gasteiger partial charge on any atom is 0.0316 e. The molecule has 0 aromatic carbocycles. The first-order chi connectivity index (χ1) is 4.90. The summed E-state index contributed by atoms with van der Waals surface area (Å²) in [6, 6.07) is 0.454. The lowest BCUT2D eigenvalue weighted by atomic mass is 9.81. The van der Waals surface area contributed by atoms with Crippen LogP contribution < -0.4 is 11.1 Å². The molecule has 11 heavy (non-hydrogen) atoms. The Bertz CT molecular complexity index is 137. The van der Waals surface area contributed by atoms with Crippen LogP contribution in [0, 0.1) is 5.41 Å². The van der Waals surface area contributed by atoms with Crippen molar-refractivity contribution in [3.05, 3.63) is 0 Å². The summed E-state index contributed by atoms with van der Waals surface area (Å²) in [5, 5.41) is 3.32. The van der Waals surface area contributed by atoms with Gasteiger partial charge in [0.25, 0.3) is 0 Å². The van der Waals surface area contributed by atoms with Crippen molar-refractivity contribution in [1.29, 1.82) is 0 Å². The summed E-state index contributed by atoms with van der Waals surface area (Å²) in [5.41, 5.74) is 6.49. The first-order valence-corrected chi connectivity index (χ1v) is 4.36. The van der Waals surface area contributed by atoms with Gasteiger partial charge in [-0.25, -0.2) is 0 Å². The number of nitrogens with two attached hydrogens (primary N) is 1. The molecule has 3 N–H and O–H groups in total. The quantitative estimate of drug-likeness (QED) is 0.628. The van der Waals surface area contributed by atoms with E-state index in [4.69, 9.17) is 5.73 Å². The van der Waals surface area contributed by atoms with Gasteiger partial charge in [-0.2, -0.15) is 0 Å². The molecule has 1 aliphatic carbocycles. The smallest absolute Gasteiger partial charge is 0.0316 e. The van der Waals surface area contributed by atoms with Gasteiger partial charge in [0.1, 0.15) is 0 Å². The van der Waals surface area contributed by atoms with E-state index in [1.807, 2.05) is 7.05 Å². The van der Waals surface area contributed by atoms with Gasteiger partial charge >= 0.3 is 0 Å². The third-order valence-electron chi connectivity index (χ3n) is 2.56. The molecule has 0 bridgehead atoms. The highest BCUT2D eigenvalue weighted by Gasteiger charge is 2.49. The number of hydrogen-bond acceptors (Lipinski definition) is 2. The van der Waals surface area contributed by atoms with Crippen LogP contribution >= 0.6 is 0 Å². The van der Waals surface area contributed by atoms with Gasteiger partial charge in [-0.05, 0) is 25.3 Å². The molecule has 1 rings (SSSR count). The fourth-order valence-electron chi connectivity index (χ4n) is 2.02. The third kappa shape index (κ3) is 1.74. The summed E-state index contributed by atoms with van der Waals surface area (Å²) in [6.07, 6.45) is 2.35. The molecule has 1 unspecified atom stereocenters. The Balaban J connectivity index is 2.64. The Hall–Kier alpha value is -0.0800. The topological polar surface area (TPSA) is 38.0 Å². The van der Waals surface area contributed by atoms with E-state index in [0.29, 0.717) is 6.04 Å². The zero-order valence-corrected chi connectivity index (χ0v) is 8.07. The molecular weight excluding hydrogens is 136 g/mol. The SMILES string of the molecule is CNC(C(C)(C)C)C1(N)CC1. The molecule has 1 fully saturated rings. The van der Waals surface area contributed by atoms with Gasteiger partial charge < -0.3 is 11.1 Å². The molecule has 0 aliphatic heterocycles. The minimum Gasteiger partial charge on any atom is -0.324 e. The summed E-state index contributed by atoms with van der Waals surface area (Å²) < 4.78 is 0. The van der Waals surface area contributed by atoms with Gasteiger partial charge in [0.15, 0.2) is 0 Å². The Kier molecular flexibility index (Phi) is 2.01. The second-order valence-electron chi connectivity index (χ2n) is 4.82. The largest absolute Gasteiger partial charge is 0.324 e. The predicted molar refractivity (Wildman–Crippen MR) is 48.5 cm³/mol. The van der Waals surface area contributed by atoms with E-state index < -0.39 is 0 Å². The molecule has 0 heterocycles. The molecule has 0 saturated heterocycles. The van der Waals surface area contributed by atoms with Crippen LogP contribution in [-0.2, 0) is 0 Å². The highest BCUT2D eigenvalue weighted by atomic mass is 15.0. The molecular formula is C9H20N2. The van der Waals surface area contributed by atoms with Gasteiger partial charge in [-0.3, -0.25) is 0 Å². The fraction of sp³-hybridized carbons (Fsp3) is 1.00. The molecule has 2 heteroatoms. The normalized spacial score (nSPS) is 24.8. The molecule has 1 saturated carbocycles. The molecule has 0 aromatic heterocycles. The monoisotopic (exact) mass is 156 g/mol. The van der Waals surface area contributed by atoms with Crippen molar-refractivity contribution >= 4 is 0 Å². The average Bonchev–Trinajstić information content (AvgIpc) is 2.45. The second-order valence-corrected chi connectivity index (χ2v) is 4.82. The Morgan fingerprint density at radius 1 is 1.36 bits per heavy atom. The second kappa shape index (κ2) is 2.46.